The zero-order valence-corrected chi connectivity index (χ0v) is 19.8. The molecule has 32 heavy (non-hydrogen) atoms. The van der Waals surface area contributed by atoms with Crippen LogP contribution >= 0.6 is 0 Å². The molecule has 6 nitrogen and oxygen atoms in total. The number of para-hydroxylation sites is 1. The molecular formula is C26H41N3O3. The summed E-state index contributed by atoms with van der Waals surface area (Å²) in [5.74, 6) is -0.766. The van der Waals surface area contributed by atoms with Crippen molar-refractivity contribution >= 4 is 22.7 Å². The second kappa shape index (κ2) is 13.9. The fraction of sp³-hybridized carbons (Fsp3) is 0.615. The van der Waals surface area contributed by atoms with Crippen LogP contribution in [-0.4, -0.2) is 34.1 Å². The number of primary amides is 1. The molecule has 1 heterocycles. The highest BCUT2D eigenvalue weighted by molar-refractivity contribution is 5.89. The number of aliphatic hydroxyl groups excluding tert-OH is 1. The second-order valence-corrected chi connectivity index (χ2v) is 8.88. The van der Waals surface area contributed by atoms with Crippen molar-refractivity contribution in [2.24, 2.45) is 5.73 Å². The maximum Gasteiger partial charge on any atom is 0.251 e. The summed E-state index contributed by atoms with van der Waals surface area (Å²) in [5, 5.41) is 14.4. The summed E-state index contributed by atoms with van der Waals surface area (Å²) >= 11 is 0. The Balaban J connectivity index is 1.75. The molecule has 0 unspecified atom stereocenters. The first kappa shape index (κ1) is 25.9. The number of carbonyl (C=O) groups excluding carboxylic acids is 2. The first-order valence-electron chi connectivity index (χ1n) is 12.3. The van der Waals surface area contributed by atoms with Gasteiger partial charge in [0.1, 0.15) is 0 Å². The smallest absolute Gasteiger partial charge is 0.251 e. The van der Waals surface area contributed by atoms with Crippen LogP contribution in [0.25, 0.3) is 10.9 Å². The highest BCUT2D eigenvalue weighted by atomic mass is 16.3. The zero-order chi connectivity index (χ0) is 23.3. The number of aliphatic hydroxyl groups is 1. The van der Waals surface area contributed by atoms with E-state index in [9.17, 15) is 14.7 Å². The number of amides is 2. The predicted molar refractivity (Wildman–Crippen MR) is 130 cm³/mol. The van der Waals surface area contributed by atoms with E-state index in [1.807, 2.05) is 42.0 Å². The normalized spacial score (nSPS) is 13.2. The Morgan fingerprint density at radius 2 is 1.59 bits per heavy atom. The third-order valence-corrected chi connectivity index (χ3v) is 6.18. The highest BCUT2D eigenvalue weighted by Gasteiger charge is 2.25. The number of hydrogen-bond acceptors (Lipinski definition) is 3. The Hall–Kier alpha value is -2.34. The molecule has 2 rings (SSSR count). The number of nitrogens with zero attached hydrogens (tertiary/aromatic N) is 1. The number of benzene rings is 1. The Labute approximate surface area is 192 Å². The van der Waals surface area contributed by atoms with Gasteiger partial charge in [0.2, 0.25) is 5.91 Å². The molecule has 178 valence electrons. The molecule has 0 saturated heterocycles. The molecule has 0 aliphatic rings. The van der Waals surface area contributed by atoms with Crippen molar-refractivity contribution in [2.75, 3.05) is 6.54 Å². The monoisotopic (exact) mass is 443 g/mol. The molecule has 6 heteroatoms. The number of aromatic nitrogens is 1. The minimum Gasteiger partial charge on any atom is -0.381 e. The van der Waals surface area contributed by atoms with Gasteiger partial charge in [0.15, 0.2) is 6.10 Å². The first-order chi connectivity index (χ1) is 15.5. The summed E-state index contributed by atoms with van der Waals surface area (Å²) < 4.78 is 1.86. The molecule has 0 aliphatic heterocycles. The molecule has 0 saturated carbocycles. The van der Waals surface area contributed by atoms with Crippen LogP contribution < -0.4 is 11.1 Å². The molecule has 0 bridgehead atoms. The number of carbonyl (C=O) groups is 2. The van der Waals surface area contributed by atoms with E-state index in [1.54, 1.807) is 0 Å². The van der Waals surface area contributed by atoms with Crippen LogP contribution in [-0.2, 0) is 16.0 Å². The first-order valence-corrected chi connectivity index (χ1v) is 12.3. The maximum atomic E-state index is 12.5. The molecule has 0 spiro atoms. The van der Waals surface area contributed by atoms with Crippen molar-refractivity contribution in [3.63, 3.8) is 0 Å². The van der Waals surface area contributed by atoms with Gasteiger partial charge in [0, 0.05) is 23.6 Å². The quantitative estimate of drug-likeness (QED) is 0.330. The number of fused-ring (bicyclic) bond motifs is 1. The minimum absolute atomic E-state index is 0.126. The van der Waals surface area contributed by atoms with Gasteiger partial charge in [-0.05, 0) is 25.0 Å². The lowest BCUT2D eigenvalue weighted by Crippen LogP contribution is -2.39. The summed E-state index contributed by atoms with van der Waals surface area (Å²) in [6.45, 7) is 4.63. The summed E-state index contributed by atoms with van der Waals surface area (Å²) in [7, 11) is 0. The summed E-state index contributed by atoms with van der Waals surface area (Å²) in [6, 6.07) is 7.18. The summed E-state index contributed by atoms with van der Waals surface area (Å²) in [5.41, 5.74) is 7.05. The number of rotatable bonds is 16. The molecule has 0 aliphatic carbocycles. The third kappa shape index (κ3) is 7.97. The van der Waals surface area contributed by atoms with Crippen molar-refractivity contribution in [1.29, 1.82) is 0 Å². The van der Waals surface area contributed by atoms with Crippen molar-refractivity contribution in [2.45, 2.75) is 96.6 Å². The van der Waals surface area contributed by atoms with Crippen LogP contribution in [0.4, 0.5) is 0 Å². The predicted octanol–water partition coefficient (Wildman–Crippen LogP) is 4.63. The van der Waals surface area contributed by atoms with E-state index in [2.05, 4.69) is 12.2 Å². The van der Waals surface area contributed by atoms with Crippen LogP contribution in [0.15, 0.2) is 30.5 Å². The van der Waals surface area contributed by atoms with E-state index in [4.69, 9.17) is 5.73 Å². The largest absolute Gasteiger partial charge is 0.381 e. The summed E-state index contributed by atoms with van der Waals surface area (Å²) in [4.78, 5) is 23.9. The Morgan fingerprint density at radius 1 is 1.00 bits per heavy atom. The van der Waals surface area contributed by atoms with Crippen LogP contribution in [0, 0.1) is 0 Å². The Morgan fingerprint density at radius 3 is 2.22 bits per heavy atom. The van der Waals surface area contributed by atoms with E-state index in [1.165, 1.54) is 51.4 Å². The van der Waals surface area contributed by atoms with Gasteiger partial charge in [0.25, 0.3) is 5.91 Å². The van der Waals surface area contributed by atoms with Gasteiger partial charge in [0.05, 0.1) is 12.5 Å². The fourth-order valence-corrected chi connectivity index (χ4v) is 4.24. The SMILES string of the molecule is CCCCCCCCCCCCNC(=O)[C@H](O)[C@H](C)n1cc(CC(N)=O)c2ccccc21. The van der Waals surface area contributed by atoms with Crippen molar-refractivity contribution in [3.05, 3.63) is 36.0 Å². The average Bonchev–Trinajstić information content (AvgIpc) is 3.14. The van der Waals surface area contributed by atoms with Crippen LogP contribution in [0.2, 0.25) is 0 Å². The molecule has 2 amide bonds. The molecule has 4 N–H and O–H groups in total. The number of nitrogens with one attached hydrogen (secondary N) is 1. The van der Waals surface area contributed by atoms with E-state index >= 15 is 0 Å². The molecule has 1 aromatic heterocycles. The van der Waals surface area contributed by atoms with Crippen LogP contribution in [0.5, 0.6) is 0 Å². The van der Waals surface area contributed by atoms with Crippen LogP contribution in [0.1, 0.15) is 89.7 Å². The molecule has 2 atom stereocenters. The number of unbranched alkanes of at least 4 members (excludes halogenated alkanes) is 9. The Kier molecular flexibility index (Phi) is 11.3. The van der Waals surface area contributed by atoms with Gasteiger partial charge in [-0.25, -0.2) is 0 Å². The van der Waals surface area contributed by atoms with E-state index in [-0.39, 0.29) is 12.3 Å². The van der Waals surface area contributed by atoms with Gasteiger partial charge < -0.3 is 20.7 Å². The van der Waals surface area contributed by atoms with Gasteiger partial charge in [-0.3, -0.25) is 9.59 Å². The van der Waals surface area contributed by atoms with Crippen molar-refractivity contribution in [3.8, 4) is 0 Å². The average molecular weight is 444 g/mol. The zero-order valence-electron chi connectivity index (χ0n) is 19.8. The standard InChI is InChI=1S/C26H41N3O3/c1-3-4-5-6-7-8-9-10-11-14-17-28-26(32)25(31)20(2)29-19-21(18-24(27)30)22-15-12-13-16-23(22)29/h12-13,15-16,19-20,25,31H,3-11,14,17-18H2,1-2H3,(H2,27,30)(H,28,32)/t20-,25+/m0/s1. The van der Waals surface area contributed by atoms with Gasteiger partial charge in [-0.15, -0.1) is 0 Å². The topological polar surface area (TPSA) is 97.3 Å². The molecule has 2 aromatic rings. The van der Waals surface area contributed by atoms with Crippen LogP contribution in [0.3, 0.4) is 0 Å². The molecular weight excluding hydrogens is 402 g/mol. The Bertz CT molecular complexity index is 846. The van der Waals surface area contributed by atoms with Crippen molar-refractivity contribution in [1.82, 2.24) is 9.88 Å². The van der Waals surface area contributed by atoms with E-state index < -0.39 is 18.1 Å². The van der Waals surface area contributed by atoms with Gasteiger partial charge in [-0.2, -0.15) is 0 Å². The minimum atomic E-state index is -1.17. The van der Waals surface area contributed by atoms with E-state index in [0.29, 0.717) is 6.54 Å². The maximum absolute atomic E-state index is 12.5. The van der Waals surface area contributed by atoms with E-state index in [0.717, 1.165) is 29.3 Å². The lowest BCUT2D eigenvalue weighted by atomic mass is 10.1. The molecule has 1 aromatic carbocycles. The molecule has 0 radical (unpaired) electrons. The number of hydrogen-bond donors (Lipinski definition) is 3. The second-order valence-electron chi connectivity index (χ2n) is 8.88. The number of nitrogens with two attached hydrogens (primary N) is 1. The van der Waals surface area contributed by atoms with Gasteiger partial charge >= 0.3 is 0 Å². The van der Waals surface area contributed by atoms with Crippen molar-refractivity contribution < 1.29 is 14.7 Å². The lowest BCUT2D eigenvalue weighted by molar-refractivity contribution is -0.131. The fourth-order valence-electron chi connectivity index (χ4n) is 4.24. The molecule has 0 fully saturated rings. The third-order valence-electron chi connectivity index (χ3n) is 6.18. The highest BCUT2D eigenvalue weighted by Crippen LogP contribution is 2.26. The van der Waals surface area contributed by atoms with Gasteiger partial charge in [-0.1, -0.05) is 82.9 Å². The summed E-state index contributed by atoms with van der Waals surface area (Å²) in [6.07, 6.45) is 13.2. The lowest BCUT2D eigenvalue weighted by Gasteiger charge is -2.21.